The van der Waals surface area contributed by atoms with Crippen LogP contribution in [0, 0.1) is 6.92 Å². The van der Waals surface area contributed by atoms with Gasteiger partial charge in [0.1, 0.15) is 12.4 Å². The molecule has 1 aromatic carbocycles. The highest BCUT2D eigenvalue weighted by Gasteiger charge is 2.30. The van der Waals surface area contributed by atoms with E-state index in [-0.39, 0.29) is 17.9 Å². The SMILES string of the molecule is Cc1ccc(C(=O)N2CCCC2COc2ccc(C(=O)N3CCOCC3)cc2)cn1. The zero-order valence-electron chi connectivity index (χ0n) is 17.3. The molecular formula is C23H27N3O4. The maximum atomic E-state index is 12.8. The quantitative estimate of drug-likeness (QED) is 0.759. The molecule has 0 saturated carbocycles. The molecule has 7 nitrogen and oxygen atoms in total. The van der Waals surface area contributed by atoms with Gasteiger partial charge in [0.2, 0.25) is 0 Å². The van der Waals surface area contributed by atoms with Crippen LogP contribution in [0.4, 0.5) is 0 Å². The maximum absolute atomic E-state index is 12.8. The number of rotatable bonds is 5. The largest absolute Gasteiger partial charge is 0.491 e. The van der Waals surface area contributed by atoms with E-state index in [0.29, 0.717) is 49.8 Å². The van der Waals surface area contributed by atoms with Gasteiger partial charge >= 0.3 is 0 Å². The minimum Gasteiger partial charge on any atom is -0.491 e. The predicted octanol–water partition coefficient (Wildman–Crippen LogP) is 2.55. The minimum atomic E-state index is 0.0000516. The number of benzene rings is 1. The number of aryl methyl sites for hydroxylation is 1. The van der Waals surface area contributed by atoms with Crippen LogP contribution in [-0.4, -0.2) is 72.1 Å². The first kappa shape index (κ1) is 20.3. The molecule has 0 spiro atoms. The number of hydrogen-bond donors (Lipinski definition) is 0. The molecule has 7 heteroatoms. The summed E-state index contributed by atoms with van der Waals surface area (Å²) in [5.41, 5.74) is 2.15. The van der Waals surface area contributed by atoms with Gasteiger partial charge in [0.05, 0.1) is 24.8 Å². The van der Waals surface area contributed by atoms with Crippen molar-refractivity contribution in [3.05, 3.63) is 59.4 Å². The molecule has 4 rings (SSSR count). The standard InChI is InChI=1S/C23H27N3O4/c1-17-4-5-19(15-24-17)23(28)26-10-2-3-20(26)16-30-21-8-6-18(7-9-21)22(27)25-11-13-29-14-12-25/h4-9,15,20H,2-3,10-14,16H2,1H3. The zero-order valence-corrected chi connectivity index (χ0v) is 17.3. The lowest BCUT2D eigenvalue weighted by molar-refractivity contribution is 0.0303. The normalized spacial score (nSPS) is 19.0. The Kier molecular flexibility index (Phi) is 6.28. The van der Waals surface area contributed by atoms with Gasteiger partial charge in [0, 0.05) is 37.1 Å². The second-order valence-corrected chi connectivity index (χ2v) is 7.72. The first-order chi connectivity index (χ1) is 14.6. The Morgan fingerprint density at radius 2 is 1.77 bits per heavy atom. The van der Waals surface area contributed by atoms with Crippen molar-refractivity contribution in [1.82, 2.24) is 14.8 Å². The lowest BCUT2D eigenvalue weighted by Gasteiger charge is -2.27. The van der Waals surface area contributed by atoms with E-state index in [2.05, 4.69) is 4.98 Å². The molecule has 2 aliphatic heterocycles. The van der Waals surface area contributed by atoms with E-state index in [9.17, 15) is 9.59 Å². The lowest BCUT2D eigenvalue weighted by atomic mass is 10.1. The Bertz CT molecular complexity index is 876. The van der Waals surface area contributed by atoms with Crippen LogP contribution in [0.5, 0.6) is 5.75 Å². The van der Waals surface area contributed by atoms with E-state index in [1.807, 2.05) is 36.1 Å². The average molecular weight is 409 g/mol. The molecule has 1 atom stereocenters. The zero-order chi connectivity index (χ0) is 20.9. The monoisotopic (exact) mass is 409 g/mol. The molecule has 2 aromatic rings. The minimum absolute atomic E-state index is 0.0000516. The number of likely N-dealkylation sites (tertiary alicyclic amines) is 1. The summed E-state index contributed by atoms with van der Waals surface area (Å²) in [4.78, 5) is 33.3. The van der Waals surface area contributed by atoms with E-state index in [0.717, 1.165) is 25.1 Å². The van der Waals surface area contributed by atoms with Gasteiger partial charge < -0.3 is 19.3 Å². The fourth-order valence-electron chi connectivity index (χ4n) is 3.87. The molecule has 0 aliphatic carbocycles. The van der Waals surface area contributed by atoms with E-state index in [1.54, 1.807) is 23.2 Å². The number of amides is 2. The molecule has 2 saturated heterocycles. The summed E-state index contributed by atoms with van der Waals surface area (Å²) in [6, 6.07) is 10.9. The van der Waals surface area contributed by atoms with E-state index >= 15 is 0 Å². The molecule has 1 aromatic heterocycles. The Morgan fingerprint density at radius 3 is 2.47 bits per heavy atom. The molecule has 158 valence electrons. The molecule has 0 N–H and O–H groups in total. The van der Waals surface area contributed by atoms with Crippen molar-refractivity contribution < 1.29 is 19.1 Å². The van der Waals surface area contributed by atoms with Gasteiger partial charge in [-0.05, 0) is 56.2 Å². The smallest absolute Gasteiger partial charge is 0.255 e. The number of aromatic nitrogens is 1. The Labute approximate surface area is 176 Å². The van der Waals surface area contributed by atoms with Crippen LogP contribution in [0.1, 0.15) is 39.3 Å². The second kappa shape index (κ2) is 9.26. The van der Waals surface area contributed by atoms with Gasteiger partial charge in [-0.3, -0.25) is 14.6 Å². The molecule has 1 unspecified atom stereocenters. The fourth-order valence-corrected chi connectivity index (χ4v) is 3.87. The van der Waals surface area contributed by atoms with Crippen LogP contribution < -0.4 is 4.74 Å². The van der Waals surface area contributed by atoms with Gasteiger partial charge in [-0.2, -0.15) is 0 Å². The predicted molar refractivity (Wildman–Crippen MR) is 112 cm³/mol. The maximum Gasteiger partial charge on any atom is 0.255 e. The number of carbonyl (C=O) groups is 2. The molecule has 2 amide bonds. The highest BCUT2D eigenvalue weighted by Crippen LogP contribution is 2.22. The highest BCUT2D eigenvalue weighted by atomic mass is 16.5. The lowest BCUT2D eigenvalue weighted by Crippen LogP contribution is -2.40. The summed E-state index contributed by atoms with van der Waals surface area (Å²) >= 11 is 0. The second-order valence-electron chi connectivity index (χ2n) is 7.72. The molecule has 0 radical (unpaired) electrons. The van der Waals surface area contributed by atoms with Crippen molar-refractivity contribution in [3.63, 3.8) is 0 Å². The third kappa shape index (κ3) is 4.62. The van der Waals surface area contributed by atoms with Gasteiger partial charge in [-0.15, -0.1) is 0 Å². The summed E-state index contributed by atoms with van der Waals surface area (Å²) in [6.07, 6.45) is 3.52. The van der Waals surface area contributed by atoms with Crippen LogP contribution >= 0.6 is 0 Å². The molecule has 2 aliphatic rings. The van der Waals surface area contributed by atoms with Crippen molar-refractivity contribution in [2.45, 2.75) is 25.8 Å². The summed E-state index contributed by atoms with van der Waals surface area (Å²) in [5, 5.41) is 0. The molecule has 2 fully saturated rings. The van der Waals surface area contributed by atoms with Gasteiger partial charge in [0.15, 0.2) is 0 Å². The van der Waals surface area contributed by atoms with Crippen LogP contribution in [0.25, 0.3) is 0 Å². The van der Waals surface area contributed by atoms with Crippen molar-refractivity contribution >= 4 is 11.8 Å². The third-order valence-corrected chi connectivity index (χ3v) is 5.64. The first-order valence-corrected chi connectivity index (χ1v) is 10.5. The van der Waals surface area contributed by atoms with E-state index in [4.69, 9.17) is 9.47 Å². The van der Waals surface area contributed by atoms with Crippen LogP contribution in [0.3, 0.4) is 0 Å². The fraction of sp³-hybridized carbons (Fsp3) is 0.435. The van der Waals surface area contributed by atoms with E-state index < -0.39 is 0 Å². The van der Waals surface area contributed by atoms with Crippen molar-refractivity contribution in [1.29, 1.82) is 0 Å². The van der Waals surface area contributed by atoms with Crippen molar-refractivity contribution in [2.24, 2.45) is 0 Å². The molecule has 3 heterocycles. The highest BCUT2D eigenvalue weighted by molar-refractivity contribution is 5.95. The summed E-state index contributed by atoms with van der Waals surface area (Å²) in [5.74, 6) is 0.717. The van der Waals surface area contributed by atoms with Crippen LogP contribution in [0.15, 0.2) is 42.6 Å². The van der Waals surface area contributed by atoms with Crippen LogP contribution in [-0.2, 0) is 4.74 Å². The third-order valence-electron chi connectivity index (χ3n) is 5.64. The van der Waals surface area contributed by atoms with Gasteiger partial charge in [0.25, 0.3) is 11.8 Å². The van der Waals surface area contributed by atoms with Crippen molar-refractivity contribution in [2.75, 3.05) is 39.5 Å². The summed E-state index contributed by atoms with van der Waals surface area (Å²) in [6.45, 7) is 5.48. The number of pyridine rings is 1. The molecular weight excluding hydrogens is 382 g/mol. The topological polar surface area (TPSA) is 72.0 Å². The van der Waals surface area contributed by atoms with Gasteiger partial charge in [-0.25, -0.2) is 0 Å². The van der Waals surface area contributed by atoms with E-state index in [1.165, 1.54) is 0 Å². The Morgan fingerprint density at radius 1 is 1.03 bits per heavy atom. The summed E-state index contributed by atoms with van der Waals surface area (Å²) in [7, 11) is 0. The average Bonchev–Trinajstić information content (AvgIpc) is 3.27. The first-order valence-electron chi connectivity index (χ1n) is 10.5. The summed E-state index contributed by atoms with van der Waals surface area (Å²) < 4.78 is 11.3. The van der Waals surface area contributed by atoms with Crippen molar-refractivity contribution in [3.8, 4) is 5.75 Å². The molecule has 0 bridgehead atoms. The van der Waals surface area contributed by atoms with Crippen LogP contribution in [0.2, 0.25) is 0 Å². The number of nitrogens with zero attached hydrogens (tertiary/aromatic N) is 3. The molecule has 30 heavy (non-hydrogen) atoms. The number of carbonyl (C=O) groups excluding carboxylic acids is 2. The Hall–Kier alpha value is -2.93. The number of hydrogen-bond acceptors (Lipinski definition) is 5. The Balaban J connectivity index is 1.34. The van der Waals surface area contributed by atoms with Gasteiger partial charge in [-0.1, -0.05) is 0 Å². The number of morpholine rings is 1. The number of ether oxygens (including phenoxy) is 2.